The average molecular weight is 418 g/mol. The quantitative estimate of drug-likeness (QED) is 0.549. The molecule has 3 rings (SSSR count). The van der Waals surface area contributed by atoms with Crippen LogP contribution in [0.4, 0.5) is 13.2 Å². The molecule has 1 N–H and O–H groups in total. The summed E-state index contributed by atoms with van der Waals surface area (Å²) in [5.41, 5.74) is 1.79. The normalized spacial score (nSPS) is 11.6. The molecule has 2 aromatic carbocycles. The highest BCUT2D eigenvalue weighted by Gasteiger charge is 2.31. The largest absolute Gasteiger partial charge is 0.573 e. The molecule has 1 heterocycles. The minimum Gasteiger partial charge on any atom is -0.465 e. The van der Waals surface area contributed by atoms with Crippen molar-refractivity contribution in [3.05, 3.63) is 63.3 Å². The van der Waals surface area contributed by atoms with E-state index in [-0.39, 0.29) is 22.8 Å². The maximum absolute atomic E-state index is 12.4. The zero-order valence-corrected chi connectivity index (χ0v) is 15.3. The van der Waals surface area contributed by atoms with E-state index in [1.807, 2.05) is 0 Å². The van der Waals surface area contributed by atoms with Gasteiger partial charge in [-0.3, -0.25) is 0 Å². The number of carbonyl (C=O) groups is 1. The molecular formula is C18H12Cl2F3NO3. The van der Waals surface area contributed by atoms with Crippen LogP contribution < -0.4 is 4.74 Å². The highest BCUT2D eigenvalue weighted by atomic mass is 35.5. The van der Waals surface area contributed by atoms with Crippen LogP contribution in [0.3, 0.4) is 0 Å². The highest BCUT2D eigenvalue weighted by Crippen LogP contribution is 2.32. The third-order valence-electron chi connectivity index (χ3n) is 3.84. The van der Waals surface area contributed by atoms with Crippen molar-refractivity contribution in [3.63, 3.8) is 0 Å². The molecular weight excluding hydrogens is 406 g/mol. The molecule has 4 nitrogen and oxygen atoms in total. The number of halogens is 5. The zero-order chi connectivity index (χ0) is 19.8. The third-order valence-corrected chi connectivity index (χ3v) is 4.63. The Kier molecular flexibility index (Phi) is 5.26. The lowest BCUT2D eigenvalue weighted by atomic mass is 10.1. The summed E-state index contributed by atoms with van der Waals surface area (Å²) >= 11 is 12.5. The number of benzene rings is 2. The highest BCUT2D eigenvalue weighted by molar-refractivity contribution is 6.38. The Morgan fingerprint density at radius 1 is 1.15 bits per heavy atom. The number of aromatic nitrogens is 1. The van der Waals surface area contributed by atoms with E-state index in [4.69, 9.17) is 23.2 Å². The van der Waals surface area contributed by atoms with Crippen LogP contribution in [0.15, 0.2) is 36.4 Å². The third kappa shape index (κ3) is 4.31. The summed E-state index contributed by atoms with van der Waals surface area (Å²) in [5, 5.41) is 1.21. The number of carbonyl (C=O) groups excluding carboxylic acids is 1. The molecule has 0 aliphatic rings. The van der Waals surface area contributed by atoms with Gasteiger partial charge in [0.2, 0.25) is 0 Å². The van der Waals surface area contributed by atoms with Crippen LogP contribution >= 0.6 is 23.2 Å². The number of methoxy groups -OCH3 is 1. The van der Waals surface area contributed by atoms with Gasteiger partial charge in [0.15, 0.2) is 0 Å². The molecule has 0 aliphatic heterocycles. The summed E-state index contributed by atoms with van der Waals surface area (Å²) in [6.45, 7) is 0. The Balaban J connectivity index is 1.94. The predicted octanol–water partition coefficient (Wildman–Crippen LogP) is 5.75. The van der Waals surface area contributed by atoms with Crippen molar-refractivity contribution >= 4 is 40.1 Å². The predicted molar refractivity (Wildman–Crippen MR) is 95.6 cm³/mol. The van der Waals surface area contributed by atoms with E-state index in [1.54, 1.807) is 6.07 Å². The van der Waals surface area contributed by atoms with Gasteiger partial charge < -0.3 is 14.5 Å². The van der Waals surface area contributed by atoms with Crippen LogP contribution in [0, 0.1) is 0 Å². The number of nitrogens with one attached hydrogen (secondary N) is 1. The first-order valence-electron chi connectivity index (χ1n) is 7.60. The van der Waals surface area contributed by atoms with Gasteiger partial charge in [-0.25, -0.2) is 4.79 Å². The van der Waals surface area contributed by atoms with Crippen molar-refractivity contribution in [2.75, 3.05) is 7.11 Å². The zero-order valence-electron chi connectivity index (χ0n) is 13.8. The first-order valence-corrected chi connectivity index (χ1v) is 8.36. The van der Waals surface area contributed by atoms with Crippen LogP contribution in [-0.4, -0.2) is 24.4 Å². The molecule has 0 fully saturated rings. The van der Waals surface area contributed by atoms with Gasteiger partial charge in [0, 0.05) is 28.7 Å². The molecule has 1 aromatic heterocycles. The van der Waals surface area contributed by atoms with Crippen LogP contribution in [0.25, 0.3) is 10.9 Å². The summed E-state index contributed by atoms with van der Waals surface area (Å²) in [4.78, 5) is 14.8. The van der Waals surface area contributed by atoms with E-state index in [0.717, 1.165) is 0 Å². The summed E-state index contributed by atoms with van der Waals surface area (Å²) in [7, 11) is 1.24. The Morgan fingerprint density at radius 3 is 2.56 bits per heavy atom. The summed E-state index contributed by atoms with van der Waals surface area (Å²) in [6.07, 6.45) is -4.52. The number of esters is 1. The Bertz CT molecular complexity index is 1010. The van der Waals surface area contributed by atoms with E-state index in [0.29, 0.717) is 27.2 Å². The van der Waals surface area contributed by atoms with E-state index >= 15 is 0 Å². The first kappa shape index (κ1) is 19.4. The lowest BCUT2D eigenvalue weighted by Crippen LogP contribution is -2.16. The summed E-state index contributed by atoms with van der Waals surface area (Å²) in [6, 6.07) is 8.74. The molecule has 9 heteroatoms. The van der Waals surface area contributed by atoms with E-state index in [1.165, 1.54) is 37.4 Å². The molecule has 0 bridgehead atoms. The van der Waals surface area contributed by atoms with Gasteiger partial charge in [0.25, 0.3) is 0 Å². The second-order valence-electron chi connectivity index (χ2n) is 5.65. The van der Waals surface area contributed by atoms with Gasteiger partial charge in [-0.2, -0.15) is 0 Å². The number of fused-ring (bicyclic) bond motifs is 1. The van der Waals surface area contributed by atoms with Gasteiger partial charge in [0.1, 0.15) is 5.75 Å². The molecule has 0 amide bonds. The molecule has 0 saturated heterocycles. The van der Waals surface area contributed by atoms with Gasteiger partial charge in [-0.05, 0) is 41.3 Å². The fourth-order valence-electron chi connectivity index (χ4n) is 2.68. The minimum atomic E-state index is -4.77. The molecule has 0 saturated carbocycles. The summed E-state index contributed by atoms with van der Waals surface area (Å²) < 4.78 is 45.7. The van der Waals surface area contributed by atoms with Crippen molar-refractivity contribution < 1.29 is 27.4 Å². The van der Waals surface area contributed by atoms with Crippen molar-refractivity contribution in [1.82, 2.24) is 4.98 Å². The van der Waals surface area contributed by atoms with Crippen LogP contribution in [-0.2, 0) is 11.2 Å². The summed E-state index contributed by atoms with van der Waals surface area (Å²) in [5.74, 6) is -0.921. The Labute approximate surface area is 161 Å². The lowest BCUT2D eigenvalue weighted by Gasteiger charge is -2.10. The molecule has 0 spiro atoms. The molecule has 0 aliphatic carbocycles. The van der Waals surface area contributed by atoms with Gasteiger partial charge in [-0.15, -0.1) is 13.2 Å². The van der Waals surface area contributed by atoms with E-state index < -0.39 is 12.3 Å². The molecule has 3 aromatic rings. The standard InChI is InChI=1S/C18H12Cl2F3NO3/c1-26-17(25)12-4-5-14(19)13(16(12)20)7-10-6-9-2-3-11(8-15(9)24-10)27-18(21,22)23/h2-6,8,24H,7H2,1H3. The SMILES string of the molecule is COC(=O)c1ccc(Cl)c(Cc2cc3ccc(OC(F)(F)F)cc3[nH]2)c1Cl. The Hall–Kier alpha value is -2.38. The lowest BCUT2D eigenvalue weighted by molar-refractivity contribution is -0.274. The second-order valence-corrected chi connectivity index (χ2v) is 6.43. The molecule has 0 unspecified atom stereocenters. The first-order chi connectivity index (χ1) is 12.7. The van der Waals surface area contributed by atoms with Crippen LogP contribution in [0.5, 0.6) is 5.75 Å². The second kappa shape index (κ2) is 7.32. The number of hydrogen-bond donors (Lipinski definition) is 1. The fraction of sp³-hybridized carbons (Fsp3) is 0.167. The minimum absolute atomic E-state index is 0.161. The van der Waals surface area contributed by atoms with Crippen molar-refractivity contribution in [2.24, 2.45) is 0 Å². The van der Waals surface area contributed by atoms with Gasteiger partial charge in [0.05, 0.1) is 17.7 Å². The smallest absolute Gasteiger partial charge is 0.465 e. The van der Waals surface area contributed by atoms with Crippen molar-refractivity contribution in [1.29, 1.82) is 0 Å². The molecule has 142 valence electrons. The molecule has 0 radical (unpaired) electrons. The van der Waals surface area contributed by atoms with Gasteiger partial charge in [-0.1, -0.05) is 23.2 Å². The Morgan fingerprint density at radius 2 is 1.89 bits per heavy atom. The van der Waals surface area contributed by atoms with Gasteiger partial charge >= 0.3 is 12.3 Å². The molecule has 27 heavy (non-hydrogen) atoms. The average Bonchev–Trinajstić information content (AvgIpc) is 2.98. The van der Waals surface area contributed by atoms with E-state index in [9.17, 15) is 18.0 Å². The monoisotopic (exact) mass is 417 g/mol. The maximum Gasteiger partial charge on any atom is 0.573 e. The topological polar surface area (TPSA) is 51.3 Å². The number of H-pyrrole nitrogens is 1. The van der Waals surface area contributed by atoms with Crippen molar-refractivity contribution in [3.8, 4) is 5.75 Å². The van der Waals surface area contributed by atoms with Crippen molar-refractivity contribution in [2.45, 2.75) is 12.8 Å². The van der Waals surface area contributed by atoms with Crippen LogP contribution in [0.1, 0.15) is 21.6 Å². The number of rotatable bonds is 4. The number of aromatic amines is 1. The van der Waals surface area contributed by atoms with E-state index in [2.05, 4.69) is 14.5 Å². The number of ether oxygens (including phenoxy) is 2. The number of alkyl halides is 3. The fourth-order valence-corrected chi connectivity index (χ4v) is 3.26. The molecule has 0 atom stereocenters. The number of hydrogen-bond acceptors (Lipinski definition) is 3. The van der Waals surface area contributed by atoms with Crippen LogP contribution in [0.2, 0.25) is 10.0 Å². The maximum atomic E-state index is 12.4.